The van der Waals surface area contributed by atoms with Gasteiger partial charge in [-0.2, -0.15) is 5.10 Å². The minimum Gasteiger partial charge on any atom is -0.338 e. The van der Waals surface area contributed by atoms with E-state index in [-0.39, 0.29) is 5.91 Å². The molecule has 0 radical (unpaired) electrons. The summed E-state index contributed by atoms with van der Waals surface area (Å²) >= 11 is 0. The van der Waals surface area contributed by atoms with E-state index < -0.39 is 0 Å². The van der Waals surface area contributed by atoms with Crippen molar-refractivity contribution >= 4 is 5.91 Å². The zero-order valence-corrected chi connectivity index (χ0v) is 12.8. The summed E-state index contributed by atoms with van der Waals surface area (Å²) in [5.74, 6) is 1.48. The molecule has 6 nitrogen and oxygen atoms in total. The second-order valence-electron chi connectivity index (χ2n) is 5.67. The van der Waals surface area contributed by atoms with Crippen LogP contribution in [-0.4, -0.2) is 43.2 Å². The zero-order valence-electron chi connectivity index (χ0n) is 12.8. The van der Waals surface area contributed by atoms with Crippen molar-refractivity contribution < 1.29 is 4.79 Å². The minimum atomic E-state index is 0.0723. The second kappa shape index (κ2) is 5.35. The van der Waals surface area contributed by atoms with Crippen LogP contribution in [0.15, 0.2) is 18.6 Å². The minimum absolute atomic E-state index is 0.0723. The van der Waals surface area contributed by atoms with Gasteiger partial charge in [0.05, 0.1) is 17.5 Å². The summed E-state index contributed by atoms with van der Waals surface area (Å²) < 4.78 is 3.85. The number of aromatic nitrogens is 4. The number of carbonyl (C=O) groups is 1. The molecule has 1 aliphatic heterocycles. The molecule has 0 aromatic carbocycles. The Bertz CT molecular complexity index is 657. The lowest BCUT2D eigenvalue weighted by Gasteiger charge is -2.15. The van der Waals surface area contributed by atoms with Gasteiger partial charge in [0.25, 0.3) is 5.91 Å². The fourth-order valence-corrected chi connectivity index (χ4v) is 3.00. The molecule has 21 heavy (non-hydrogen) atoms. The Hall–Kier alpha value is -2.11. The lowest BCUT2D eigenvalue weighted by Crippen LogP contribution is -2.28. The Morgan fingerprint density at radius 1 is 1.43 bits per heavy atom. The maximum atomic E-state index is 12.5. The van der Waals surface area contributed by atoms with Gasteiger partial charge in [0, 0.05) is 45.0 Å². The molecule has 0 spiro atoms. The van der Waals surface area contributed by atoms with Crippen molar-refractivity contribution in [3.63, 3.8) is 0 Å². The summed E-state index contributed by atoms with van der Waals surface area (Å²) in [6, 6.07) is 0. The van der Waals surface area contributed by atoms with Crippen molar-refractivity contribution in [2.45, 2.75) is 32.7 Å². The Morgan fingerprint density at radius 3 is 2.86 bits per heavy atom. The van der Waals surface area contributed by atoms with Crippen LogP contribution in [0, 0.1) is 6.92 Å². The molecular weight excluding hydrogens is 266 g/mol. The van der Waals surface area contributed by atoms with Gasteiger partial charge in [-0.3, -0.25) is 9.48 Å². The van der Waals surface area contributed by atoms with Crippen LogP contribution in [-0.2, 0) is 13.6 Å². The number of likely N-dealkylation sites (tertiary alicyclic amines) is 1. The van der Waals surface area contributed by atoms with E-state index in [0.717, 1.165) is 37.6 Å². The maximum absolute atomic E-state index is 12.5. The molecular formula is C15H21N5O. The topological polar surface area (TPSA) is 56.0 Å². The highest BCUT2D eigenvalue weighted by molar-refractivity contribution is 5.94. The predicted octanol–water partition coefficient (Wildman–Crippen LogP) is 1.57. The highest BCUT2D eigenvalue weighted by Crippen LogP contribution is 2.27. The number of carbonyl (C=O) groups excluding carboxylic acids is 1. The molecule has 3 heterocycles. The molecule has 1 amide bonds. The summed E-state index contributed by atoms with van der Waals surface area (Å²) in [5.41, 5.74) is 1.70. The van der Waals surface area contributed by atoms with Crippen molar-refractivity contribution in [3.8, 4) is 0 Å². The van der Waals surface area contributed by atoms with Crippen molar-refractivity contribution in [1.29, 1.82) is 0 Å². The first-order chi connectivity index (χ1) is 10.1. The van der Waals surface area contributed by atoms with Crippen LogP contribution in [0.25, 0.3) is 0 Å². The fourth-order valence-electron chi connectivity index (χ4n) is 3.00. The molecule has 0 saturated carbocycles. The molecule has 1 fully saturated rings. The van der Waals surface area contributed by atoms with Gasteiger partial charge >= 0.3 is 0 Å². The van der Waals surface area contributed by atoms with Crippen molar-refractivity contribution in [2.24, 2.45) is 7.05 Å². The molecule has 0 N–H and O–H groups in total. The van der Waals surface area contributed by atoms with E-state index in [2.05, 4.69) is 14.6 Å². The van der Waals surface area contributed by atoms with E-state index in [1.165, 1.54) is 0 Å². The van der Waals surface area contributed by atoms with Crippen LogP contribution in [0.5, 0.6) is 0 Å². The van der Waals surface area contributed by atoms with Gasteiger partial charge in [0.15, 0.2) is 0 Å². The smallest absolute Gasteiger partial charge is 0.257 e. The van der Waals surface area contributed by atoms with E-state index in [1.807, 2.05) is 38.2 Å². The van der Waals surface area contributed by atoms with Crippen LogP contribution in [0.1, 0.15) is 41.1 Å². The quantitative estimate of drug-likeness (QED) is 0.861. The van der Waals surface area contributed by atoms with Crippen LogP contribution < -0.4 is 0 Å². The molecule has 3 rings (SSSR count). The summed E-state index contributed by atoms with van der Waals surface area (Å²) in [6.45, 7) is 6.31. The number of rotatable bonds is 3. The molecule has 1 atom stereocenters. The number of hydrogen-bond donors (Lipinski definition) is 0. The lowest BCUT2D eigenvalue weighted by molar-refractivity contribution is 0.0790. The average Bonchev–Trinajstić information content (AvgIpc) is 3.17. The lowest BCUT2D eigenvalue weighted by atomic mass is 10.1. The molecule has 1 saturated heterocycles. The molecule has 0 unspecified atom stereocenters. The van der Waals surface area contributed by atoms with Crippen LogP contribution in [0.4, 0.5) is 0 Å². The van der Waals surface area contributed by atoms with Gasteiger partial charge < -0.3 is 9.47 Å². The third-order valence-electron chi connectivity index (χ3n) is 4.08. The van der Waals surface area contributed by atoms with Gasteiger partial charge in [-0.05, 0) is 20.3 Å². The van der Waals surface area contributed by atoms with Gasteiger partial charge in [-0.25, -0.2) is 4.98 Å². The number of imidazole rings is 1. The summed E-state index contributed by atoms with van der Waals surface area (Å²) in [7, 11) is 2.02. The van der Waals surface area contributed by atoms with Crippen molar-refractivity contribution in [2.75, 3.05) is 13.1 Å². The largest absolute Gasteiger partial charge is 0.338 e. The summed E-state index contributed by atoms with van der Waals surface area (Å²) in [5, 5.41) is 4.17. The Labute approximate surface area is 124 Å². The molecule has 6 heteroatoms. The second-order valence-corrected chi connectivity index (χ2v) is 5.67. The average molecular weight is 287 g/mol. The number of aryl methyl sites for hydroxylation is 3. The van der Waals surface area contributed by atoms with Crippen molar-refractivity contribution in [1.82, 2.24) is 24.2 Å². The van der Waals surface area contributed by atoms with Gasteiger partial charge in [-0.15, -0.1) is 0 Å². The summed E-state index contributed by atoms with van der Waals surface area (Å²) in [6.07, 6.45) is 6.48. The number of hydrogen-bond acceptors (Lipinski definition) is 3. The molecule has 112 valence electrons. The van der Waals surface area contributed by atoms with E-state index >= 15 is 0 Å². The fraction of sp³-hybridized carbons (Fsp3) is 0.533. The predicted molar refractivity (Wildman–Crippen MR) is 79.1 cm³/mol. The monoisotopic (exact) mass is 287 g/mol. The zero-order chi connectivity index (χ0) is 15.0. The van der Waals surface area contributed by atoms with Crippen LogP contribution in [0.2, 0.25) is 0 Å². The molecule has 2 aromatic rings. The third kappa shape index (κ3) is 2.57. The first-order valence-corrected chi connectivity index (χ1v) is 7.40. The van der Waals surface area contributed by atoms with E-state index in [0.29, 0.717) is 11.5 Å². The third-order valence-corrected chi connectivity index (χ3v) is 4.08. The highest BCUT2D eigenvalue weighted by Gasteiger charge is 2.30. The SMILES string of the molecule is CCn1cc(C(=O)N2CC[C@@H](c3nc(C)cn3C)C2)cn1. The highest BCUT2D eigenvalue weighted by atomic mass is 16.2. The van der Waals surface area contributed by atoms with E-state index in [4.69, 9.17) is 0 Å². The normalized spacial score (nSPS) is 18.4. The van der Waals surface area contributed by atoms with Gasteiger partial charge in [0.2, 0.25) is 0 Å². The number of nitrogens with zero attached hydrogens (tertiary/aromatic N) is 5. The first kappa shape index (κ1) is 13.9. The Balaban J connectivity index is 1.72. The number of amides is 1. The van der Waals surface area contributed by atoms with E-state index in [1.54, 1.807) is 10.9 Å². The Kier molecular flexibility index (Phi) is 3.53. The van der Waals surface area contributed by atoms with Gasteiger partial charge in [0.1, 0.15) is 5.82 Å². The van der Waals surface area contributed by atoms with Crippen molar-refractivity contribution in [3.05, 3.63) is 35.7 Å². The molecule has 0 aliphatic carbocycles. The molecule has 0 bridgehead atoms. The maximum Gasteiger partial charge on any atom is 0.257 e. The molecule has 1 aliphatic rings. The first-order valence-electron chi connectivity index (χ1n) is 7.40. The van der Waals surface area contributed by atoms with Gasteiger partial charge in [-0.1, -0.05) is 0 Å². The summed E-state index contributed by atoms with van der Waals surface area (Å²) in [4.78, 5) is 19.0. The van der Waals surface area contributed by atoms with E-state index in [9.17, 15) is 4.79 Å². The standard InChI is InChI=1S/C15H21N5O/c1-4-20-10-13(7-16-20)15(21)19-6-5-12(9-19)14-17-11(2)8-18(14)3/h7-8,10,12H,4-6,9H2,1-3H3/t12-/m1/s1. The van der Waals surface area contributed by atoms with Crippen LogP contribution in [0.3, 0.4) is 0 Å². The molecule has 2 aromatic heterocycles. The Morgan fingerprint density at radius 2 is 2.24 bits per heavy atom. The van der Waals surface area contributed by atoms with Crippen LogP contribution >= 0.6 is 0 Å².